The summed E-state index contributed by atoms with van der Waals surface area (Å²) in [6.07, 6.45) is 0.743. The molecule has 1 aliphatic rings. The Morgan fingerprint density at radius 3 is 2.24 bits per heavy atom. The first-order chi connectivity index (χ1) is 14.2. The number of rotatable bonds is 4. The van der Waals surface area contributed by atoms with E-state index in [4.69, 9.17) is 4.98 Å². The molecule has 0 saturated carbocycles. The number of benzene rings is 3. The fourth-order valence-electron chi connectivity index (χ4n) is 3.42. The van der Waals surface area contributed by atoms with Crippen molar-refractivity contribution in [1.29, 1.82) is 0 Å². The summed E-state index contributed by atoms with van der Waals surface area (Å²) < 4.78 is 2.10. The molecule has 6 heteroatoms. The molecule has 3 nitrogen and oxygen atoms in total. The molecule has 0 bridgehead atoms. The third-order valence-electron chi connectivity index (χ3n) is 4.82. The van der Waals surface area contributed by atoms with Crippen LogP contribution in [0, 0.1) is 0 Å². The summed E-state index contributed by atoms with van der Waals surface area (Å²) in [6.45, 7) is 2.07. The third-order valence-corrected chi connectivity index (χ3v) is 8.43. The highest BCUT2D eigenvalue weighted by atomic mass is 32.2. The first-order valence-electron chi connectivity index (χ1n) is 9.46. The van der Waals surface area contributed by atoms with Crippen LogP contribution in [0.4, 0.5) is 11.4 Å². The van der Waals surface area contributed by atoms with Gasteiger partial charge in [0.05, 0.1) is 26.8 Å². The summed E-state index contributed by atoms with van der Waals surface area (Å²) in [7, 11) is 0. The number of carbonyl (C=O) groups excluding carboxylic acids is 1. The van der Waals surface area contributed by atoms with Gasteiger partial charge in [-0.1, -0.05) is 66.8 Å². The molecule has 144 valence electrons. The number of nitrogens with zero attached hydrogens (tertiary/aromatic N) is 2. The van der Waals surface area contributed by atoms with Crippen molar-refractivity contribution in [1.82, 2.24) is 4.98 Å². The molecule has 0 radical (unpaired) electrons. The Balaban J connectivity index is 1.51. The minimum atomic E-state index is -0.195. The van der Waals surface area contributed by atoms with Crippen molar-refractivity contribution in [2.75, 3.05) is 4.90 Å². The molecule has 29 heavy (non-hydrogen) atoms. The van der Waals surface area contributed by atoms with Gasteiger partial charge in [0.25, 0.3) is 0 Å². The summed E-state index contributed by atoms with van der Waals surface area (Å²) in [6, 6.07) is 24.4. The van der Waals surface area contributed by atoms with Crippen molar-refractivity contribution >= 4 is 62.4 Å². The summed E-state index contributed by atoms with van der Waals surface area (Å²) in [5.41, 5.74) is 2.92. The number of thioether (sulfide) groups is 1. The van der Waals surface area contributed by atoms with Crippen LogP contribution in [-0.4, -0.2) is 16.1 Å². The highest BCUT2D eigenvalue weighted by molar-refractivity contribution is 8.02. The normalized spacial score (nSPS) is 13.8. The first kappa shape index (κ1) is 18.7. The van der Waals surface area contributed by atoms with Gasteiger partial charge in [-0.15, -0.1) is 11.3 Å². The van der Waals surface area contributed by atoms with E-state index in [2.05, 4.69) is 25.1 Å². The van der Waals surface area contributed by atoms with Crippen LogP contribution < -0.4 is 4.90 Å². The number of amides is 1. The zero-order valence-electron chi connectivity index (χ0n) is 15.7. The Morgan fingerprint density at radius 2 is 1.59 bits per heavy atom. The second kappa shape index (κ2) is 7.86. The summed E-state index contributed by atoms with van der Waals surface area (Å²) in [5, 5.41) is -0.195. The van der Waals surface area contributed by atoms with Gasteiger partial charge in [0.15, 0.2) is 4.34 Å². The van der Waals surface area contributed by atoms with Crippen molar-refractivity contribution in [2.24, 2.45) is 0 Å². The molecule has 1 aromatic heterocycles. The monoisotopic (exact) mass is 434 g/mol. The summed E-state index contributed by atoms with van der Waals surface area (Å²) >= 11 is 4.95. The second-order valence-electron chi connectivity index (χ2n) is 6.67. The third kappa shape index (κ3) is 3.45. The van der Waals surface area contributed by atoms with Gasteiger partial charge in [0, 0.05) is 9.79 Å². The van der Waals surface area contributed by atoms with Crippen LogP contribution in [0.15, 0.2) is 86.9 Å². The van der Waals surface area contributed by atoms with E-state index in [1.165, 1.54) is 0 Å². The highest BCUT2D eigenvalue weighted by Crippen LogP contribution is 2.49. The topological polar surface area (TPSA) is 33.2 Å². The molecule has 0 aliphatic carbocycles. The van der Waals surface area contributed by atoms with Crippen LogP contribution in [0.2, 0.25) is 0 Å². The number of carbonyl (C=O) groups is 1. The molecular weight excluding hydrogens is 416 g/mol. The SMILES string of the molecule is CC[C@H](Sc1nc2ccccc2s1)C(=O)N1c2ccccc2Sc2ccccc21. The van der Waals surface area contributed by atoms with Crippen molar-refractivity contribution in [3.8, 4) is 0 Å². The average Bonchev–Trinajstić information content (AvgIpc) is 3.18. The molecule has 3 aromatic carbocycles. The largest absolute Gasteiger partial charge is 0.278 e. The predicted molar refractivity (Wildman–Crippen MR) is 124 cm³/mol. The van der Waals surface area contributed by atoms with Gasteiger partial charge in [-0.2, -0.15) is 0 Å². The molecule has 0 fully saturated rings. The van der Waals surface area contributed by atoms with E-state index in [0.717, 1.165) is 42.1 Å². The molecule has 0 spiro atoms. The quantitative estimate of drug-likeness (QED) is 0.324. The van der Waals surface area contributed by atoms with Gasteiger partial charge in [-0.25, -0.2) is 4.98 Å². The molecule has 1 atom stereocenters. The molecule has 0 unspecified atom stereocenters. The number of para-hydroxylation sites is 3. The van der Waals surface area contributed by atoms with Gasteiger partial charge in [0.2, 0.25) is 5.91 Å². The van der Waals surface area contributed by atoms with E-state index in [1.54, 1.807) is 34.9 Å². The van der Waals surface area contributed by atoms with E-state index in [1.807, 2.05) is 59.5 Å². The fraction of sp³-hybridized carbons (Fsp3) is 0.130. The van der Waals surface area contributed by atoms with Crippen LogP contribution in [0.3, 0.4) is 0 Å². The standard InChI is InChI=1S/C23H18N2OS3/c1-2-18(28-23-24-15-9-3-6-12-19(15)29-23)22(26)25-16-10-4-7-13-20(16)27-21-14-8-5-11-17(21)25/h3-14,18H,2H2,1H3/t18-/m0/s1. The number of anilines is 2. The van der Waals surface area contributed by atoms with Crippen LogP contribution in [0.25, 0.3) is 10.2 Å². The van der Waals surface area contributed by atoms with E-state index in [9.17, 15) is 4.79 Å². The fourth-order valence-corrected chi connectivity index (χ4v) is 6.75. The Kier molecular flexibility index (Phi) is 5.08. The van der Waals surface area contributed by atoms with Gasteiger partial charge in [-0.05, 0) is 42.8 Å². The zero-order valence-corrected chi connectivity index (χ0v) is 18.2. The maximum atomic E-state index is 13.7. The van der Waals surface area contributed by atoms with Gasteiger partial charge in [-0.3, -0.25) is 9.69 Å². The van der Waals surface area contributed by atoms with Crippen LogP contribution >= 0.6 is 34.9 Å². The minimum absolute atomic E-state index is 0.108. The van der Waals surface area contributed by atoms with E-state index in [-0.39, 0.29) is 11.2 Å². The van der Waals surface area contributed by atoms with E-state index < -0.39 is 0 Å². The van der Waals surface area contributed by atoms with Crippen molar-refractivity contribution in [3.05, 3.63) is 72.8 Å². The maximum Gasteiger partial charge on any atom is 0.245 e. The molecule has 0 saturated heterocycles. The first-order valence-corrected chi connectivity index (χ1v) is 12.0. The molecule has 1 amide bonds. The maximum absolute atomic E-state index is 13.7. The number of fused-ring (bicyclic) bond motifs is 3. The van der Waals surface area contributed by atoms with Crippen molar-refractivity contribution < 1.29 is 4.79 Å². The molecule has 1 aliphatic heterocycles. The van der Waals surface area contributed by atoms with Gasteiger partial charge in [0.1, 0.15) is 0 Å². The van der Waals surface area contributed by atoms with Gasteiger partial charge >= 0.3 is 0 Å². The smallest absolute Gasteiger partial charge is 0.245 e. The van der Waals surface area contributed by atoms with Crippen molar-refractivity contribution in [3.63, 3.8) is 0 Å². The lowest BCUT2D eigenvalue weighted by atomic mass is 10.2. The average molecular weight is 435 g/mol. The predicted octanol–water partition coefficient (Wildman–Crippen LogP) is 7.00. The van der Waals surface area contributed by atoms with E-state index >= 15 is 0 Å². The lowest BCUT2D eigenvalue weighted by molar-refractivity contribution is -0.117. The molecule has 2 heterocycles. The molecule has 0 N–H and O–H groups in total. The number of thiazole rings is 1. The number of hydrogen-bond acceptors (Lipinski definition) is 5. The highest BCUT2D eigenvalue weighted by Gasteiger charge is 2.32. The Bertz CT molecular complexity index is 1120. The van der Waals surface area contributed by atoms with Crippen LogP contribution in [0.1, 0.15) is 13.3 Å². The van der Waals surface area contributed by atoms with Crippen molar-refractivity contribution in [2.45, 2.75) is 32.7 Å². The van der Waals surface area contributed by atoms with Crippen LogP contribution in [-0.2, 0) is 4.79 Å². The molecule has 5 rings (SSSR count). The Labute approximate surface area is 182 Å². The lowest BCUT2D eigenvalue weighted by Gasteiger charge is -2.33. The lowest BCUT2D eigenvalue weighted by Crippen LogP contribution is -2.35. The number of aromatic nitrogens is 1. The van der Waals surface area contributed by atoms with Crippen LogP contribution in [0.5, 0.6) is 0 Å². The van der Waals surface area contributed by atoms with Gasteiger partial charge < -0.3 is 0 Å². The molecule has 4 aromatic rings. The summed E-state index contributed by atoms with van der Waals surface area (Å²) in [5.74, 6) is 0.108. The minimum Gasteiger partial charge on any atom is -0.278 e. The second-order valence-corrected chi connectivity index (χ2v) is 10.2. The Hall–Kier alpha value is -2.28. The molecular formula is C23H18N2OS3. The zero-order chi connectivity index (χ0) is 19.8. The van der Waals surface area contributed by atoms with E-state index in [0.29, 0.717) is 0 Å². The summed E-state index contributed by atoms with van der Waals surface area (Å²) in [4.78, 5) is 22.6. The number of hydrogen-bond donors (Lipinski definition) is 0. The Morgan fingerprint density at radius 1 is 0.966 bits per heavy atom.